The van der Waals surface area contributed by atoms with Gasteiger partial charge >= 0.3 is 0 Å². The Morgan fingerprint density at radius 2 is 1.95 bits per heavy atom. The maximum absolute atomic E-state index is 12.4. The number of rotatable bonds is 4. The van der Waals surface area contributed by atoms with Gasteiger partial charge in [-0.1, -0.05) is 25.1 Å². The third-order valence-electron chi connectivity index (χ3n) is 3.28. The molecule has 0 saturated carbocycles. The molecular weight excluding hydrogens is 248 g/mol. The lowest BCUT2D eigenvalue weighted by molar-refractivity contribution is 0.102. The second-order valence-corrected chi connectivity index (χ2v) is 4.81. The Labute approximate surface area is 120 Å². The van der Waals surface area contributed by atoms with Crippen molar-refractivity contribution in [2.45, 2.75) is 20.3 Å². The number of aryl methyl sites for hydroxylation is 2. The van der Waals surface area contributed by atoms with E-state index in [0.29, 0.717) is 5.56 Å². The zero-order valence-corrected chi connectivity index (χ0v) is 12.2. The van der Waals surface area contributed by atoms with E-state index in [1.165, 1.54) is 5.56 Å². The van der Waals surface area contributed by atoms with Gasteiger partial charge in [0.2, 0.25) is 0 Å². The van der Waals surface area contributed by atoms with E-state index in [0.717, 1.165) is 23.4 Å². The lowest BCUT2D eigenvalue weighted by Gasteiger charge is -2.11. The van der Waals surface area contributed by atoms with Gasteiger partial charge in [0.05, 0.1) is 5.56 Å². The SMILES string of the molecule is CCc1cccc(NC(=O)c2ccc(C)cc2NC)c1. The molecule has 0 spiro atoms. The van der Waals surface area contributed by atoms with Crippen LogP contribution in [0.2, 0.25) is 0 Å². The summed E-state index contributed by atoms with van der Waals surface area (Å²) in [5, 5.41) is 6.01. The summed E-state index contributed by atoms with van der Waals surface area (Å²) in [6, 6.07) is 13.7. The van der Waals surface area contributed by atoms with Crippen LogP contribution in [0.25, 0.3) is 0 Å². The zero-order chi connectivity index (χ0) is 14.5. The van der Waals surface area contributed by atoms with Crippen molar-refractivity contribution in [3.8, 4) is 0 Å². The van der Waals surface area contributed by atoms with Gasteiger partial charge < -0.3 is 10.6 Å². The maximum atomic E-state index is 12.4. The molecule has 0 fully saturated rings. The van der Waals surface area contributed by atoms with Crippen LogP contribution in [0.5, 0.6) is 0 Å². The van der Waals surface area contributed by atoms with Crippen LogP contribution in [0.4, 0.5) is 11.4 Å². The number of carbonyl (C=O) groups is 1. The molecule has 2 rings (SSSR count). The van der Waals surface area contributed by atoms with Crippen molar-refractivity contribution in [1.29, 1.82) is 0 Å². The van der Waals surface area contributed by atoms with Crippen molar-refractivity contribution in [3.63, 3.8) is 0 Å². The normalized spacial score (nSPS) is 10.2. The molecule has 0 bridgehead atoms. The lowest BCUT2D eigenvalue weighted by atomic mass is 10.1. The average molecular weight is 268 g/mol. The minimum atomic E-state index is -0.0948. The first kappa shape index (κ1) is 14.1. The maximum Gasteiger partial charge on any atom is 0.257 e. The fraction of sp³-hybridized carbons (Fsp3) is 0.235. The Morgan fingerprint density at radius 1 is 1.15 bits per heavy atom. The molecule has 0 aliphatic carbocycles. The number of hydrogen-bond acceptors (Lipinski definition) is 2. The predicted molar refractivity (Wildman–Crippen MR) is 84.5 cm³/mol. The Balaban J connectivity index is 2.23. The molecule has 0 aliphatic rings. The molecule has 0 aromatic heterocycles. The molecule has 2 aromatic rings. The number of nitrogens with one attached hydrogen (secondary N) is 2. The largest absolute Gasteiger partial charge is 0.387 e. The summed E-state index contributed by atoms with van der Waals surface area (Å²) in [6.07, 6.45) is 0.954. The molecule has 3 heteroatoms. The van der Waals surface area contributed by atoms with Crippen LogP contribution in [0.15, 0.2) is 42.5 Å². The molecule has 0 unspecified atom stereocenters. The molecular formula is C17H20N2O. The quantitative estimate of drug-likeness (QED) is 0.884. The van der Waals surface area contributed by atoms with Gasteiger partial charge in [0.15, 0.2) is 0 Å². The zero-order valence-electron chi connectivity index (χ0n) is 12.2. The van der Waals surface area contributed by atoms with E-state index >= 15 is 0 Å². The van der Waals surface area contributed by atoms with E-state index in [-0.39, 0.29) is 5.91 Å². The molecule has 0 atom stereocenters. The van der Waals surface area contributed by atoms with Crippen LogP contribution in [-0.4, -0.2) is 13.0 Å². The molecule has 3 nitrogen and oxygen atoms in total. The van der Waals surface area contributed by atoms with Crippen molar-refractivity contribution < 1.29 is 4.79 Å². The van der Waals surface area contributed by atoms with Gasteiger partial charge in [0.1, 0.15) is 0 Å². The van der Waals surface area contributed by atoms with Crippen molar-refractivity contribution >= 4 is 17.3 Å². The average Bonchev–Trinajstić information content (AvgIpc) is 2.47. The van der Waals surface area contributed by atoms with Crippen LogP contribution >= 0.6 is 0 Å². The van der Waals surface area contributed by atoms with Crippen molar-refractivity contribution in [1.82, 2.24) is 0 Å². The lowest BCUT2D eigenvalue weighted by Crippen LogP contribution is -2.14. The topological polar surface area (TPSA) is 41.1 Å². The molecule has 0 radical (unpaired) electrons. The molecule has 20 heavy (non-hydrogen) atoms. The summed E-state index contributed by atoms with van der Waals surface area (Å²) in [5.74, 6) is -0.0948. The van der Waals surface area contributed by atoms with Gasteiger partial charge in [-0.05, 0) is 48.7 Å². The highest BCUT2D eigenvalue weighted by Gasteiger charge is 2.11. The standard InChI is InChI=1S/C17H20N2O/c1-4-13-6-5-7-14(11-13)19-17(20)15-9-8-12(2)10-16(15)18-3/h5-11,18H,4H2,1-3H3,(H,19,20). The third kappa shape index (κ3) is 3.18. The first-order valence-electron chi connectivity index (χ1n) is 6.82. The van der Waals surface area contributed by atoms with Crippen molar-refractivity contribution in [3.05, 3.63) is 59.2 Å². The number of amides is 1. The van der Waals surface area contributed by atoms with Gasteiger partial charge in [-0.25, -0.2) is 0 Å². The summed E-state index contributed by atoms with van der Waals surface area (Å²) in [4.78, 5) is 12.4. The highest BCUT2D eigenvalue weighted by Crippen LogP contribution is 2.19. The third-order valence-corrected chi connectivity index (χ3v) is 3.28. The van der Waals surface area contributed by atoms with Crippen molar-refractivity contribution in [2.24, 2.45) is 0 Å². The predicted octanol–water partition coefficient (Wildman–Crippen LogP) is 3.85. The van der Waals surface area contributed by atoms with Crippen molar-refractivity contribution in [2.75, 3.05) is 17.7 Å². The molecule has 104 valence electrons. The van der Waals surface area contributed by atoms with Gasteiger partial charge in [-0.15, -0.1) is 0 Å². The van der Waals surface area contributed by atoms with E-state index < -0.39 is 0 Å². The number of benzene rings is 2. The van der Waals surface area contributed by atoms with Crippen LogP contribution < -0.4 is 10.6 Å². The molecule has 2 N–H and O–H groups in total. The van der Waals surface area contributed by atoms with Gasteiger partial charge in [-0.2, -0.15) is 0 Å². The Hall–Kier alpha value is -2.29. The van der Waals surface area contributed by atoms with E-state index in [1.807, 2.05) is 50.4 Å². The van der Waals surface area contributed by atoms with Crippen LogP contribution in [0.1, 0.15) is 28.4 Å². The molecule has 0 saturated heterocycles. The second-order valence-electron chi connectivity index (χ2n) is 4.81. The van der Waals surface area contributed by atoms with Crippen LogP contribution in [0.3, 0.4) is 0 Å². The van der Waals surface area contributed by atoms with Gasteiger partial charge in [-0.3, -0.25) is 4.79 Å². The highest BCUT2D eigenvalue weighted by atomic mass is 16.1. The summed E-state index contributed by atoms with van der Waals surface area (Å²) < 4.78 is 0. The number of hydrogen-bond donors (Lipinski definition) is 2. The minimum Gasteiger partial charge on any atom is -0.387 e. The monoisotopic (exact) mass is 268 g/mol. The molecule has 0 aliphatic heterocycles. The summed E-state index contributed by atoms with van der Waals surface area (Å²) in [7, 11) is 1.82. The summed E-state index contributed by atoms with van der Waals surface area (Å²) in [6.45, 7) is 4.10. The highest BCUT2D eigenvalue weighted by molar-refractivity contribution is 6.08. The molecule has 0 heterocycles. The second kappa shape index (κ2) is 6.24. The Morgan fingerprint density at radius 3 is 2.65 bits per heavy atom. The number of anilines is 2. The van der Waals surface area contributed by atoms with Gasteiger partial charge in [0.25, 0.3) is 5.91 Å². The minimum absolute atomic E-state index is 0.0948. The smallest absolute Gasteiger partial charge is 0.257 e. The molecule has 2 aromatic carbocycles. The number of carbonyl (C=O) groups excluding carboxylic acids is 1. The summed E-state index contributed by atoms with van der Waals surface area (Å²) in [5.41, 5.74) is 4.66. The summed E-state index contributed by atoms with van der Waals surface area (Å²) >= 11 is 0. The molecule has 1 amide bonds. The fourth-order valence-corrected chi connectivity index (χ4v) is 2.13. The van der Waals surface area contributed by atoms with E-state index in [4.69, 9.17) is 0 Å². The Bertz CT molecular complexity index is 620. The van der Waals surface area contributed by atoms with E-state index in [2.05, 4.69) is 23.6 Å². The van der Waals surface area contributed by atoms with Gasteiger partial charge in [0, 0.05) is 18.4 Å². The fourth-order valence-electron chi connectivity index (χ4n) is 2.13. The van der Waals surface area contributed by atoms with Crippen LogP contribution in [0, 0.1) is 6.92 Å². The Kier molecular flexibility index (Phi) is 4.41. The van der Waals surface area contributed by atoms with E-state index in [1.54, 1.807) is 0 Å². The van der Waals surface area contributed by atoms with Crippen LogP contribution in [-0.2, 0) is 6.42 Å². The van der Waals surface area contributed by atoms with E-state index in [9.17, 15) is 4.79 Å². The first-order chi connectivity index (χ1) is 9.63. The first-order valence-corrected chi connectivity index (χ1v) is 6.82.